The lowest BCUT2D eigenvalue weighted by Crippen LogP contribution is -2.47. The number of nitrogen functional groups attached to an aromatic ring is 1. The summed E-state index contributed by atoms with van der Waals surface area (Å²) in [5.41, 5.74) is 8.04. The Morgan fingerprint density at radius 1 is 1.25 bits per heavy atom. The maximum Gasteiger partial charge on any atom is 0.498 e. The van der Waals surface area contributed by atoms with Crippen molar-refractivity contribution in [3.63, 3.8) is 0 Å². The first-order valence-corrected chi connectivity index (χ1v) is 7.12. The monoisotopic (exact) mass is 275 g/mol. The van der Waals surface area contributed by atoms with E-state index in [0.29, 0.717) is 11.6 Å². The molecule has 1 aromatic heterocycles. The van der Waals surface area contributed by atoms with Crippen molar-refractivity contribution in [3.8, 4) is 0 Å². The summed E-state index contributed by atoms with van der Waals surface area (Å²) in [6.45, 7) is 10.1. The highest BCUT2D eigenvalue weighted by Gasteiger charge is 2.53. The van der Waals surface area contributed by atoms with Crippen LogP contribution in [-0.2, 0) is 9.31 Å². The number of aromatic nitrogens is 1. The lowest BCUT2D eigenvalue weighted by molar-refractivity contribution is 0.00578. The molecule has 0 bridgehead atoms. The van der Waals surface area contributed by atoms with Crippen molar-refractivity contribution in [1.29, 1.82) is 0 Å². The number of rotatable bonds is 2. The average Bonchev–Trinajstić information content (AvgIpc) is 2.45. The van der Waals surface area contributed by atoms with Gasteiger partial charge in [0.2, 0.25) is 0 Å². The molecule has 0 aromatic carbocycles. The Morgan fingerprint density at radius 2 is 1.85 bits per heavy atom. The molecular weight excluding hydrogens is 253 g/mol. The summed E-state index contributed by atoms with van der Waals surface area (Å²) in [5.74, 6) is 0.396. The summed E-state index contributed by atoms with van der Waals surface area (Å²) >= 11 is 0. The van der Waals surface area contributed by atoms with Crippen LogP contribution in [0.2, 0.25) is 0 Å². The molecule has 2 aliphatic heterocycles. The van der Waals surface area contributed by atoms with Crippen molar-refractivity contribution in [2.75, 3.05) is 18.8 Å². The fourth-order valence-electron chi connectivity index (χ4n) is 2.53. The Kier molecular flexibility index (Phi) is 3.08. The first kappa shape index (κ1) is 13.9. The molecule has 20 heavy (non-hydrogen) atoms. The molecule has 2 aliphatic rings. The van der Waals surface area contributed by atoms with Gasteiger partial charge in [-0.3, -0.25) is 4.98 Å². The molecule has 2 fully saturated rings. The van der Waals surface area contributed by atoms with Crippen LogP contribution in [0.3, 0.4) is 0 Å². The molecule has 0 unspecified atom stereocenters. The smallest absolute Gasteiger partial charge is 0.399 e. The van der Waals surface area contributed by atoms with E-state index in [4.69, 9.17) is 15.0 Å². The van der Waals surface area contributed by atoms with Crippen LogP contribution >= 0.6 is 0 Å². The molecule has 3 rings (SSSR count). The van der Waals surface area contributed by atoms with Gasteiger partial charge in [0.1, 0.15) is 0 Å². The van der Waals surface area contributed by atoms with E-state index in [9.17, 15) is 0 Å². The molecular formula is C14H22BN3O2. The van der Waals surface area contributed by atoms with Crippen molar-refractivity contribution < 1.29 is 9.31 Å². The second-order valence-electron chi connectivity index (χ2n) is 6.64. The molecule has 0 radical (unpaired) electrons. The Bertz CT molecular complexity index is 513. The molecule has 0 saturated carbocycles. The van der Waals surface area contributed by atoms with E-state index >= 15 is 0 Å². The zero-order chi connectivity index (χ0) is 14.5. The average molecular weight is 275 g/mol. The second kappa shape index (κ2) is 4.45. The van der Waals surface area contributed by atoms with Crippen LogP contribution in [0.5, 0.6) is 0 Å². The summed E-state index contributed by atoms with van der Waals surface area (Å²) in [4.78, 5) is 4.52. The van der Waals surface area contributed by atoms with E-state index in [2.05, 4.69) is 10.3 Å². The largest absolute Gasteiger partial charge is 0.498 e. The lowest BCUT2D eigenvalue weighted by Gasteiger charge is -2.32. The van der Waals surface area contributed by atoms with E-state index in [-0.39, 0.29) is 11.2 Å². The Morgan fingerprint density at radius 3 is 2.35 bits per heavy atom. The van der Waals surface area contributed by atoms with E-state index in [1.54, 1.807) is 6.20 Å². The van der Waals surface area contributed by atoms with Gasteiger partial charge >= 0.3 is 7.12 Å². The topological polar surface area (TPSA) is 69.4 Å². The molecule has 1 aromatic rings. The minimum atomic E-state index is -0.440. The molecule has 3 N–H and O–H groups in total. The Balaban J connectivity index is 1.99. The van der Waals surface area contributed by atoms with E-state index in [1.807, 2.05) is 33.8 Å². The molecule has 6 heteroatoms. The standard InChI is InChI=1S/C14H22BN3O2/c1-13(2)14(3,4)20-15(19-13)11-10(16)5-6-18-12(11)9-7-17-8-9/h5-6,9,17H,7-8H2,1-4H3,(H2,16,18). The summed E-state index contributed by atoms with van der Waals surface area (Å²) in [5, 5.41) is 3.27. The predicted molar refractivity (Wildman–Crippen MR) is 80.0 cm³/mol. The quantitative estimate of drug-likeness (QED) is 0.776. The molecule has 2 saturated heterocycles. The minimum absolute atomic E-state index is 0.366. The highest BCUT2D eigenvalue weighted by atomic mass is 16.7. The number of nitrogens with zero attached hydrogens (tertiary/aromatic N) is 1. The van der Waals surface area contributed by atoms with Gasteiger partial charge in [-0.25, -0.2) is 0 Å². The van der Waals surface area contributed by atoms with Crippen molar-refractivity contribution in [1.82, 2.24) is 10.3 Å². The summed E-state index contributed by atoms with van der Waals surface area (Å²) in [6, 6.07) is 1.82. The van der Waals surface area contributed by atoms with Gasteiger partial charge < -0.3 is 20.4 Å². The number of hydrogen-bond donors (Lipinski definition) is 2. The fraction of sp³-hybridized carbons (Fsp3) is 0.643. The first-order valence-electron chi connectivity index (χ1n) is 7.12. The molecule has 0 spiro atoms. The van der Waals surface area contributed by atoms with Crippen molar-refractivity contribution in [3.05, 3.63) is 18.0 Å². The molecule has 0 aliphatic carbocycles. The molecule has 0 amide bonds. The van der Waals surface area contributed by atoms with E-state index in [1.165, 1.54) is 0 Å². The Labute approximate surface area is 120 Å². The third kappa shape index (κ3) is 2.03. The van der Waals surface area contributed by atoms with E-state index in [0.717, 1.165) is 24.2 Å². The molecule has 3 heterocycles. The van der Waals surface area contributed by atoms with Gasteiger partial charge in [-0.05, 0) is 33.8 Å². The summed E-state index contributed by atoms with van der Waals surface area (Å²) < 4.78 is 12.3. The third-order valence-electron chi connectivity index (χ3n) is 4.71. The second-order valence-corrected chi connectivity index (χ2v) is 6.64. The van der Waals surface area contributed by atoms with Gasteiger partial charge in [-0.1, -0.05) is 0 Å². The number of nitrogens with one attached hydrogen (secondary N) is 1. The van der Waals surface area contributed by atoms with Crippen LogP contribution < -0.4 is 16.5 Å². The zero-order valence-electron chi connectivity index (χ0n) is 12.6. The maximum absolute atomic E-state index is 6.17. The SMILES string of the molecule is CC1(C)OB(c2c(N)ccnc2C2CNC2)OC1(C)C. The van der Waals surface area contributed by atoms with Crippen LogP contribution in [0.15, 0.2) is 12.3 Å². The predicted octanol–water partition coefficient (Wildman–Crippen LogP) is 0.650. The number of pyridine rings is 1. The summed E-state index contributed by atoms with van der Waals surface area (Å²) in [7, 11) is -0.440. The van der Waals surface area contributed by atoms with Crippen LogP contribution in [0, 0.1) is 0 Å². The molecule has 0 atom stereocenters. The lowest BCUT2D eigenvalue weighted by atomic mass is 9.73. The Hall–Kier alpha value is -1.11. The normalized spacial score (nSPS) is 24.7. The van der Waals surface area contributed by atoms with Gasteiger partial charge in [0.05, 0.1) is 11.2 Å². The van der Waals surface area contributed by atoms with Gasteiger partial charge in [0.25, 0.3) is 0 Å². The van der Waals surface area contributed by atoms with E-state index < -0.39 is 7.12 Å². The van der Waals surface area contributed by atoms with Crippen LogP contribution in [-0.4, -0.2) is 36.4 Å². The van der Waals surface area contributed by atoms with Gasteiger partial charge in [0.15, 0.2) is 0 Å². The number of anilines is 1. The van der Waals surface area contributed by atoms with Gasteiger partial charge in [-0.2, -0.15) is 0 Å². The van der Waals surface area contributed by atoms with Gasteiger partial charge in [-0.15, -0.1) is 0 Å². The highest BCUT2D eigenvalue weighted by molar-refractivity contribution is 6.64. The van der Waals surface area contributed by atoms with Gasteiger partial charge in [0, 0.05) is 42.0 Å². The number of hydrogen-bond acceptors (Lipinski definition) is 5. The molecule has 5 nitrogen and oxygen atoms in total. The highest BCUT2D eigenvalue weighted by Crippen LogP contribution is 2.37. The summed E-state index contributed by atoms with van der Waals surface area (Å²) in [6.07, 6.45) is 1.76. The third-order valence-corrected chi connectivity index (χ3v) is 4.71. The first-order chi connectivity index (χ1) is 9.32. The number of nitrogens with two attached hydrogens (primary N) is 1. The van der Waals surface area contributed by atoms with Crippen LogP contribution in [0.25, 0.3) is 0 Å². The zero-order valence-corrected chi connectivity index (χ0v) is 12.6. The van der Waals surface area contributed by atoms with Crippen molar-refractivity contribution in [2.45, 2.75) is 44.8 Å². The van der Waals surface area contributed by atoms with Crippen LogP contribution in [0.4, 0.5) is 5.69 Å². The molecule has 108 valence electrons. The fourth-order valence-corrected chi connectivity index (χ4v) is 2.53. The van der Waals surface area contributed by atoms with Crippen molar-refractivity contribution >= 4 is 18.3 Å². The van der Waals surface area contributed by atoms with Crippen molar-refractivity contribution in [2.24, 2.45) is 0 Å². The minimum Gasteiger partial charge on any atom is -0.399 e. The van der Waals surface area contributed by atoms with Crippen LogP contribution in [0.1, 0.15) is 39.3 Å². The maximum atomic E-state index is 6.17.